The summed E-state index contributed by atoms with van der Waals surface area (Å²) in [5.74, 6) is -0.417. The van der Waals surface area contributed by atoms with Gasteiger partial charge >= 0.3 is 0 Å². The fraction of sp³-hybridized carbons (Fsp3) is 0.455. The zero-order valence-electron chi connectivity index (χ0n) is 8.80. The zero-order chi connectivity index (χ0) is 11.4. The zero-order valence-corrected chi connectivity index (χ0v) is 9.55. The van der Waals surface area contributed by atoms with Crippen LogP contribution in [-0.2, 0) is 0 Å². The maximum Gasteiger partial charge on any atom is 0.142 e. The van der Waals surface area contributed by atoms with Crippen LogP contribution in [0.15, 0.2) is 18.2 Å². The van der Waals surface area contributed by atoms with Crippen molar-refractivity contribution >= 4 is 11.6 Å². The molecule has 1 unspecified atom stereocenters. The van der Waals surface area contributed by atoms with Crippen molar-refractivity contribution < 1.29 is 9.50 Å². The van der Waals surface area contributed by atoms with Crippen LogP contribution in [0.2, 0.25) is 5.02 Å². The van der Waals surface area contributed by atoms with E-state index in [1.807, 2.05) is 6.92 Å². The van der Waals surface area contributed by atoms with Gasteiger partial charge in [-0.05, 0) is 31.5 Å². The van der Waals surface area contributed by atoms with E-state index >= 15 is 0 Å². The molecule has 4 heteroatoms. The van der Waals surface area contributed by atoms with Gasteiger partial charge in [-0.25, -0.2) is 4.39 Å². The molecule has 84 valence electrons. The number of hydrogen-bond acceptors (Lipinski definition) is 2. The SMILES string of the molecule is CC(NC[C@@H](C)O)c1ccc(Cl)c(F)c1. The van der Waals surface area contributed by atoms with E-state index in [1.165, 1.54) is 12.1 Å². The minimum absolute atomic E-state index is 0.00799. The molecule has 0 aliphatic heterocycles. The molecular formula is C11H15ClFNO. The Labute approximate surface area is 94.1 Å². The molecule has 0 fully saturated rings. The lowest BCUT2D eigenvalue weighted by Gasteiger charge is -2.15. The molecule has 1 aromatic carbocycles. The van der Waals surface area contributed by atoms with Crippen molar-refractivity contribution in [3.05, 3.63) is 34.6 Å². The average Bonchev–Trinajstić information content (AvgIpc) is 2.18. The smallest absolute Gasteiger partial charge is 0.142 e. The molecule has 1 rings (SSSR count). The van der Waals surface area contributed by atoms with Crippen LogP contribution < -0.4 is 5.32 Å². The molecule has 2 nitrogen and oxygen atoms in total. The van der Waals surface area contributed by atoms with Crippen LogP contribution in [-0.4, -0.2) is 17.8 Å². The highest BCUT2D eigenvalue weighted by Crippen LogP contribution is 2.19. The summed E-state index contributed by atoms with van der Waals surface area (Å²) < 4.78 is 13.1. The fourth-order valence-electron chi connectivity index (χ4n) is 1.25. The van der Waals surface area contributed by atoms with E-state index < -0.39 is 11.9 Å². The molecule has 15 heavy (non-hydrogen) atoms. The summed E-state index contributed by atoms with van der Waals surface area (Å²) >= 11 is 5.58. The van der Waals surface area contributed by atoms with Crippen molar-refractivity contribution in [2.24, 2.45) is 0 Å². The Morgan fingerprint density at radius 1 is 1.47 bits per heavy atom. The van der Waals surface area contributed by atoms with Crippen LogP contribution in [0.4, 0.5) is 4.39 Å². The number of aliphatic hydroxyl groups is 1. The molecule has 0 spiro atoms. The van der Waals surface area contributed by atoms with Crippen molar-refractivity contribution in [3.8, 4) is 0 Å². The van der Waals surface area contributed by atoms with Gasteiger partial charge in [0, 0.05) is 12.6 Å². The Hall–Kier alpha value is -0.640. The summed E-state index contributed by atoms with van der Waals surface area (Å²) in [6.07, 6.45) is -0.412. The lowest BCUT2D eigenvalue weighted by atomic mass is 10.1. The van der Waals surface area contributed by atoms with Crippen molar-refractivity contribution in [2.45, 2.75) is 26.0 Å². The number of rotatable bonds is 4. The predicted molar refractivity (Wildman–Crippen MR) is 59.5 cm³/mol. The molecule has 0 aromatic heterocycles. The van der Waals surface area contributed by atoms with E-state index in [9.17, 15) is 4.39 Å². The molecule has 2 atom stereocenters. The lowest BCUT2D eigenvalue weighted by molar-refractivity contribution is 0.187. The monoisotopic (exact) mass is 231 g/mol. The van der Waals surface area contributed by atoms with Crippen molar-refractivity contribution in [2.75, 3.05) is 6.54 Å². The van der Waals surface area contributed by atoms with Crippen LogP contribution in [0.1, 0.15) is 25.5 Å². The molecule has 0 heterocycles. The van der Waals surface area contributed by atoms with Gasteiger partial charge in [0.15, 0.2) is 0 Å². The Balaban J connectivity index is 2.65. The molecule has 0 aliphatic carbocycles. The molecule has 0 radical (unpaired) electrons. The van der Waals surface area contributed by atoms with E-state index in [4.69, 9.17) is 16.7 Å². The van der Waals surface area contributed by atoms with E-state index in [1.54, 1.807) is 13.0 Å². The standard InChI is InChI=1S/C11H15ClFNO/c1-7(15)6-14-8(2)9-3-4-10(12)11(13)5-9/h3-5,7-8,14-15H,6H2,1-2H3/t7-,8?/m1/s1. The van der Waals surface area contributed by atoms with Gasteiger partial charge in [-0.15, -0.1) is 0 Å². The maximum absolute atomic E-state index is 13.1. The second-order valence-corrected chi connectivity index (χ2v) is 4.06. The first kappa shape index (κ1) is 12.4. The molecule has 0 amide bonds. The number of nitrogens with one attached hydrogen (secondary N) is 1. The molecular weight excluding hydrogens is 217 g/mol. The van der Waals surface area contributed by atoms with Crippen LogP contribution in [0, 0.1) is 5.82 Å². The largest absolute Gasteiger partial charge is 0.392 e. The summed E-state index contributed by atoms with van der Waals surface area (Å²) in [4.78, 5) is 0. The van der Waals surface area contributed by atoms with Crippen LogP contribution in [0.25, 0.3) is 0 Å². The highest BCUT2D eigenvalue weighted by Gasteiger charge is 2.08. The minimum Gasteiger partial charge on any atom is -0.392 e. The van der Waals surface area contributed by atoms with Gasteiger partial charge in [0.2, 0.25) is 0 Å². The van der Waals surface area contributed by atoms with Gasteiger partial charge in [0.1, 0.15) is 5.82 Å². The summed E-state index contributed by atoms with van der Waals surface area (Å²) in [5.41, 5.74) is 0.817. The number of hydrogen-bond donors (Lipinski definition) is 2. The average molecular weight is 232 g/mol. The van der Waals surface area contributed by atoms with E-state index in [2.05, 4.69) is 5.32 Å². The van der Waals surface area contributed by atoms with Gasteiger partial charge < -0.3 is 10.4 Å². The predicted octanol–water partition coefficient (Wildman–Crippen LogP) is 2.51. The Bertz CT molecular complexity index is 330. The quantitative estimate of drug-likeness (QED) is 0.835. The second-order valence-electron chi connectivity index (χ2n) is 3.65. The van der Waals surface area contributed by atoms with Crippen LogP contribution in [0.5, 0.6) is 0 Å². The molecule has 2 N–H and O–H groups in total. The summed E-state index contributed by atoms with van der Waals surface area (Å²) in [5, 5.41) is 12.3. The molecule has 0 aliphatic rings. The topological polar surface area (TPSA) is 32.3 Å². The highest BCUT2D eigenvalue weighted by atomic mass is 35.5. The lowest BCUT2D eigenvalue weighted by Crippen LogP contribution is -2.27. The summed E-state index contributed by atoms with van der Waals surface area (Å²) in [7, 11) is 0. The van der Waals surface area contributed by atoms with Gasteiger partial charge in [-0.1, -0.05) is 17.7 Å². The van der Waals surface area contributed by atoms with E-state index in [-0.39, 0.29) is 11.1 Å². The number of benzene rings is 1. The fourth-order valence-corrected chi connectivity index (χ4v) is 1.36. The third kappa shape index (κ3) is 3.78. The first-order valence-corrected chi connectivity index (χ1v) is 5.25. The minimum atomic E-state index is -0.417. The van der Waals surface area contributed by atoms with Gasteiger partial charge in [-0.3, -0.25) is 0 Å². The molecule has 1 aromatic rings. The van der Waals surface area contributed by atoms with E-state index in [0.717, 1.165) is 5.56 Å². The first-order chi connectivity index (χ1) is 7.00. The summed E-state index contributed by atoms with van der Waals surface area (Å²) in [6, 6.07) is 4.70. The highest BCUT2D eigenvalue weighted by molar-refractivity contribution is 6.30. The molecule has 0 saturated carbocycles. The second kappa shape index (κ2) is 5.45. The van der Waals surface area contributed by atoms with Gasteiger partial charge in [0.05, 0.1) is 11.1 Å². The Morgan fingerprint density at radius 3 is 2.67 bits per heavy atom. The molecule has 0 bridgehead atoms. The van der Waals surface area contributed by atoms with Crippen molar-refractivity contribution in [1.29, 1.82) is 0 Å². The molecule has 0 saturated heterocycles. The van der Waals surface area contributed by atoms with Crippen molar-refractivity contribution in [1.82, 2.24) is 5.32 Å². The number of aliphatic hydroxyl groups excluding tert-OH is 1. The number of halogens is 2. The van der Waals surface area contributed by atoms with Crippen LogP contribution in [0.3, 0.4) is 0 Å². The Kier molecular flexibility index (Phi) is 4.51. The normalized spacial score (nSPS) is 15.0. The first-order valence-electron chi connectivity index (χ1n) is 4.87. The summed E-state index contributed by atoms with van der Waals surface area (Å²) in [6.45, 7) is 4.08. The van der Waals surface area contributed by atoms with Crippen molar-refractivity contribution in [3.63, 3.8) is 0 Å². The Morgan fingerprint density at radius 2 is 2.13 bits per heavy atom. The van der Waals surface area contributed by atoms with E-state index in [0.29, 0.717) is 6.54 Å². The third-order valence-electron chi connectivity index (χ3n) is 2.16. The van der Waals surface area contributed by atoms with Gasteiger partial charge in [-0.2, -0.15) is 0 Å². The third-order valence-corrected chi connectivity index (χ3v) is 2.47. The van der Waals surface area contributed by atoms with Crippen LogP contribution >= 0.6 is 11.6 Å². The van der Waals surface area contributed by atoms with Gasteiger partial charge in [0.25, 0.3) is 0 Å². The maximum atomic E-state index is 13.1.